The van der Waals surface area contributed by atoms with E-state index in [0.29, 0.717) is 24.2 Å². The maximum atomic E-state index is 9.35. The Morgan fingerprint density at radius 1 is 0.708 bits per heavy atom. The van der Waals surface area contributed by atoms with Crippen LogP contribution in [0, 0.1) is 0 Å². The Morgan fingerprint density at radius 3 is 1.54 bits per heavy atom. The molecule has 0 aromatic rings. The average molecular weight is 346 g/mol. The van der Waals surface area contributed by atoms with E-state index in [0.717, 1.165) is 26.7 Å². The Morgan fingerprint density at radius 2 is 1.17 bits per heavy atom. The first-order chi connectivity index (χ1) is 11.1. The number of rotatable bonds is 13. The summed E-state index contributed by atoms with van der Waals surface area (Å²) in [4.78, 5) is 9.17. The summed E-state index contributed by atoms with van der Waals surface area (Å²) in [7, 11) is 1.94. The van der Waals surface area contributed by atoms with Crippen molar-refractivity contribution in [3.8, 4) is 0 Å². The quantitative estimate of drug-likeness (QED) is 0.497. The summed E-state index contributed by atoms with van der Waals surface area (Å²) in [6.45, 7) is 21.3. The number of hydrogen-bond acceptors (Lipinski definition) is 6. The molecular formula is C18H43N5O. The molecule has 0 aliphatic rings. The van der Waals surface area contributed by atoms with Crippen LogP contribution in [0.4, 0.5) is 0 Å². The molecule has 146 valence electrons. The van der Waals surface area contributed by atoms with Crippen molar-refractivity contribution in [1.29, 1.82) is 0 Å². The molecule has 24 heavy (non-hydrogen) atoms. The van der Waals surface area contributed by atoms with Gasteiger partial charge in [-0.05, 0) is 62.4 Å². The van der Waals surface area contributed by atoms with Crippen molar-refractivity contribution < 1.29 is 5.11 Å². The highest BCUT2D eigenvalue weighted by Gasteiger charge is 2.19. The molecule has 0 heterocycles. The Hall–Kier alpha value is -0.240. The van der Waals surface area contributed by atoms with E-state index in [9.17, 15) is 5.11 Å². The van der Waals surface area contributed by atoms with Crippen LogP contribution in [0.3, 0.4) is 0 Å². The van der Waals surface area contributed by atoms with Crippen LogP contribution in [-0.4, -0.2) is 89.3 Å². The maximum Gasteiger partial charge on any atom is 0.0964 e. The highest BCUT2D eigenvalue weighted by atomic mass is 16.3. The molecule has 0 fully saturated rings. The minimum Gasteiger partial charge on any atom is -0.381 e. The molecule has 0 saturated carbocycles. The minimum atomic E-state index is 0.0734. The molecule has 0 aliphatic carbocycles. The van der Waals surface area contributed by atoms with Gasteiger partial charge in [0.05, 0.1) is 26.7 Å². The van der Waals surface area contributed by atoms with Gasteiger partial charge in [0.2, 0.25) is 0 Å². The molecule has 0 radical (unpaired) electrons. The minimum absolute atomic E-state index is 0.0734. The van der Waals surface area contributed by atoms with Crippen LogP contribution in [0.5, 0.6) is 0 Å². The van der Waals surface area contributed by atoms with Crippen molar-refractivity contribution in [2.24, 2.45) is 0 Å². The fourth-order valence-electron chi connectivity index (χ4n) is 2.98. The molecule has 2 N–H and O–H groups in total. The normalized spacial score (nSPS) is 13.2. The zero-order valence-electron chi connectivity index (χ0n) is 17.6. The second kappa shape index (κ2) is 12.2. The Labute approximate surface area is 150 Å². The SMILES string of the molecule is CC(C)N(CNCN(CN(C)CO)CN(C(C)C)C(C)C)C(C)C. The van der Waals surface area contributed by atoms with Gasteiger partial charge in [-0.15, -0.1) is 0 Å². The van der Waals surface area contributed by atoms with Crippen molar-refractivity contribution in [3.63, 3.8) is 0 Å². The number of aliphatic hydroxyl groups is 1. The van der Waals surface area contributed by atoms with Crippen LogP contribution < -0.4 is 5.32 Å². The Bertz CT molecular complexity index is 294. The first kappa shape index (κ1) is 23.8. The molecule has 6 nitrogen and oxygen atoms in total. The van der Waals surface area contributed by atoms with Gasteiger partial charge in [0.15, 0.2) is 0 Å². The summed E-state index contributed by atoms with van der Waals surface area (Å²) in [5.41, 5.74) is 0. The van der Waals surface area contributed by atoms with E-state index >= 15 is 0 Å². The van der Waals surface area contributed by atoms with Crippen molar-refractivity contribution in [2.45, 2.75) is 79.6 Å². The highest BCUT2D eigenvalue weighted by molar-refractivity contribution is 4.70. The third-order valence-corrected chi connectivity index (χ3v) is 4.33. The summed E-state index contributed by atoms with van der Waals surface area (Å²) >= 11 is 0. The Balaban J connectivity index is 4.71. The number of hydrogen-bond donors (Lipinski definition) is 2. The van der Waals surface area contributed by atoms with E-state index in [1.165, 1.54) is 0 Å². The van der Waals surface area contributed by atoms with E-state index in [1.54, 1.807) is 0 Å². The van der Waals surface area contributed by atoms with E-state index in [2.05, 4.69) is 75.4 Å². The largest absolute Gasteiger partial charge is 0.381 e. The molecule has 0 spiro atoms. The van der Waals surface area contributed by atoms with Crippen molar-refractivity contribution in [3.05, 3.63) is 0 Å². The zero-order valence-corrected chi connectivity index (χ0v) is 17.6. The van der Waals surface area contributed by atoms with Gasteiger partial charge in [-0.1, -0.05) is 0 Å². The highest BCUT2D eigenvalue weighted by Crippen LogP contribution is 2.07. The molecule has 0 aromatic heterocycles. The lowest BCUT2D eigenvalue weighted by Crippen LogP contribution is -2.52. The van der Waals surface area contributed by atoms with Gasteiger partial charge >= 0.3 is 0 Å². The Kier molecular flexibility index (Phi) is 12.0. The molecule has 6 heteroatoms. The molecule has 0 aliphatic heterocycles. The molecule has 0 aromatic carbocycles. The van der Waals surface area contributed by atoms with Crippen molar-refractivity contribution in [1.82, 2.24) is 24.9 Å². The molecule has 0 amide bonds. The fraction of sp³-hybridized carbons (Fsp3) is 1.00. The summed E-state index contributed by atoms with van der Waals surface area (Å²) < 4.78 is 0. The zero-order chi connectivity index (χ0) is 18.9. The molecule has 0 unspecified atom stereocenters. The number of nitrogens with zero attached hydrogens (tertiary/aromatic N) is 4. The summed E-state index contributed by atoms with van der Waals surface area (Å²) in [6.07, 6.45) is 0. The predicted molar refractivity (Wildman–Crippen MR) is 104 cm³/mol. The van der Waals surface area contributed by atoms with E-state index in [-0.39, 0.29) is 6.73 Å². The van der Waals surface area contributed by atoms with Crippen LogP contribution in [-0.2, 0) is 0 Å². The first-order valence-electron chi connectivity index (χ1n) is 9.34. The summed E-state index contributed by atoms with van der Waals surface area (Å²) in [5, 5.41) is 12.9. The van der Waals surface area contributed by atoms with Gasteiger partial charge < -0.3 is 5.11 Å². The van der Waals surface area contributed by atoms with Crippen LogP contribution in [0.25, 0.3) is 0 Å². The van der Waals surface area contributed by atoms with Gasteiger partial charge in [0.1, 0.15) is 0 Å². The van der Waals surface area contributed by atoms with E-state index in [1.807, 2.05) is 11.9 Å². The molecular weight excluding hydrogens is 302 g/mol. The molecule has 0 rings (SSSR count). The third-order valence-electron chi connectivity index (χ3n) is 4.33. The standard InChI is InChI=1S/C18H43N5O/c1-15(2)22(16(3)4)11-19-10-21(12-20(9)14-24)13-23(17(5)6)18(7)8/h15-19,24H,10-14H2,1-9H3. The lowest BCUT2D eigenvalue weighted by atomic mass is 10.2. The molecule has 0 atom stereocenters. The van der Waals surface area contributed by atoms with Gasteiger partial charge in [-0.25, -0.2) is 0 Å². The van der Waals surface area contributed by atoms with Gasteiger partial charge in [-0.2, -0.15) is 0 Å². The fourth-order valence-corrected chi connectivity index (χ4v) is 2.98. The number of aliphatic hydroxyl groups excluding tert-OH is 1. The first-order valence-corrected chi connectivity index (χ1v) is 9.34. The van der Waals surface area contributed by atoms with E-state index in [4.69, 9.17) is 0 Å². The van der Waals surface area contributed by atoms with Crippen LogP contribution >= 0.6 is 0 Å². The monoisotopic (exact) mass is 345 g/mol. The maximum absolute atomic E-state index is 9.35. The second-order valence-electron chi connectivity index (χ2n) is 7.92. The lowest BCUT2D eigenvalue weighted by molar-refractivity contribution is 0.0111. The van der Waals surface area contributed by atoms with E-state index < -0.39 is 0 Å². The van der Waals surface area contributed by atoms with Crippen LogP contribution in [0.2, 0.25) is 0 Å². The van der Waals surface area contributed by atoms with Gasteiger partial charge in [0.25, 0.3) is 0 Å². The molecule has 0 bridgehead atoms. The van der Waals surface area contributed by atoms with Gasteiger partial charge in [0, 0.05) is 30.8 Å². The van der Waals surface area contributed by atoms with Crippen LogP contribution in [0.15, 0.2) is 0 Å². The number of nitrogens with one attached hydrogen (secondary N) is 1. The van der Waals surface area contributed by atoms with Crippen molar-refractivity contribution >= 4 is 0 Å². The average Bonchev–Trinajstić information content (AvgIpc) is 2.46. The smallest absolute Gasteiger partial charge is 0.0964 e. The van der Waals surface area contributed by atoms with Crippen LogP contribution in [0.1, 0.15) is 55.4 Å². The van der Waals surface area contributed by atoms with Gasteiger partial charge in [-0.3, -0.25) is 24.9 Å². The topological polar surface area (TPSA) is 45.2 Å². The third kappa shape index (κ3) is 9.30. The predicted octanol–water partition coefficient (Wildman–Crippen LogP) is 1.83. The molecule has 0 saturated heterocycles. The summed E-state index contributed by atoms with van der Waals surface area (Å²) in [6, 6.07) is 2.03. The second-order valence-corrected chi connectivity index (χ2v) is 7.92. The lowest BCUT2D eigenvalue weighted by Gasteiger charge is -2.38. The van der Waals surface area contributed by atoms with Crippen molar-refractivity contribution in [2.75, 3.05) is 40.5 Å². The summed E-state index contributed by atoms with van der Waals surface area (Å²) in [5.74, 6) is 0.